The molecule has 5 nitrogen and oxygen atoms in total. The van der Waals surface area contributed by atoms with Gasteiger partial charge in [-0.1, -0.05) is 18.2 Å². The quantitative estimate of drug-likeness (QED) is 0.798. The summed E-state index contributed by atoms with van der Waals surface area (Å²) in [6.07, 6.45) is 1.02. The van der Waals surface area contributed by atoms with Gasteiger partial charge in [0.2, 0.25) is 5.91 Å². The van der Waals surface area contributed by atoms with E-state index in [4.69, 9.17) is 14.7 Å². The highest BCUT2D eigenvalue weighted by molar-refractivity contribution is 5.79. The van der Waals surface area contributed by atoms with Gasteiger partial charge in [-0.25, -0.2) is 0 Å². The number of ether oxygens (including phenoxy) is 2. The number of benzene rings is 1. The molecule has 0 saturated carbocycles. The number of fused-ring (bicyclic) bond motifs is 1. The van der Waals surface area contributed by atoms with Crippen LogP contribution >= 0.6 is 0 Å². The summed E-state index contributed by atoms with van der Waals surface area (Å²) in [4.78, 5) is 14.3. The Labute approximate surface area is 125 Å². The zero-order valence-electron chi connectivity index (χ0n) is 12.2. The Kier molecular flexibility index (Phi) is 5.59. The average molecular weight is 288 g/mol. The molecule has 0 spiro atoms. The topological polar surface area (TPSA) is 62.6 Å². The van der Waals surface area contributed by atoms with E-state index in [1.165, 1.54) is 0 Å². The number of carbonyl (C=O) groups excluding carboxylic acids is 1. The smallest absolute Gasteiger partial charge is 0.229 e. The van der Waals surface area contributed by atoms with Crippen molar-refractivity contribution in [3.05, 3.63) is 29.8 Å². The van der Waals surface area contributed by atoms with Gasteiger partial charge in [0.05, 0.1) is 25.0 Å². The Bertz CT molecular complexity index is 524. The molecule has 0 N–H and O–H groups in total. The number of carbonyl (C=O) groups is 1. The predicted octanol–water partition coefficient (Wildman–Crippen LogP) is 1.63. The number of methoxy groups -OCH3 is 1. The first-order valence-electron chi connectivity index (χ1n) is 7.11. The first kappa shape index (κ1) is 15.3. The van der Waals surface area contributed by atoms with Crippen LogP contribution in [-0.4, -0.2) is 44.2 Å². The Morgan fingerprint density at radius 1 is 1.48 bits per heavy atom. The second kappa shape index (κ2) is 7.65. The lowest BCUT2D eigenvalue weighted by molar-refractivity contribution is -0.137. The highest BCUT2D eigenvalue weighted by Gasteiger charge is 2.29. The van der Waals surface area contributed by atoms with Crippen LogP contribution in [0.1, 0.15) is 12.0 Å². The van der Waals surface area contributed by atoms with E-state index in [1.54, 1.807) is 12.0 Å². The average Bonchev–Trinajstić information content (AvgIpc) is 2.54. The SMILES string of the molecule is COCCN(CCC#N)C(=O)C1COc2ccccc2C1. The lowest BCUT2D eigenvalue weighted by Crippen LogP contribution is -2.42. The summed E-state index contributed by atoms with van der Waals surface area (Å²) in [6.45, 7) is 1.82. The van der Waals surface area contributed by atoms with Gasteiger partial charge in [-0.15, -0.1) is 0 Å². The Morgan fingerprint density at radius 3 is 3.05 bits per heavy atom. The minimum absolute atomic E-state index is 0.0387. The van der Waals surface area contributed by atoms with Crippen LogP contribution in [0.25, 0.3) is 0 Å². The predicted molar refractivity (Wildman–Crippen MR) is 77.8 cm³/mol. The number of hydrogen-bond acceptors (Lipinski definition) is 4. The number of para-hydroxylation sites is 1. The first-order chi connectivity index (χ1) is 10.3. The molecule has 0 aromatic heterocycles. The van der Waals surface area contributed by atoms with Crippen LogP contribution in [-0.2, 0) is 16.0 Å². The lowest BCUT2D eigenvalue weighted by Gasteiger charge is -2.30. The monoisotopic (exact) mass is 288 g/mol. The number of rotatable bonds is 6. The third-order valence-electron chi connectivity index (χ3n) is 3.60. The molecule has 1 unspecified atom stereocenters. The van der Waals surface area contributed by atoms with Crippen molar-refractivity contribution < 1.29 is 14.3 Å². The van der Waals surface area contributed by atoms with Gasteiger partial charge in [-0.2, -0.15) is 5.26 Å². The maximum Gasteiger partial charge on any atom is 0.229 e. The molecule has 1 aliphatic heterocycles. The number of amides is 1. The van der Waals surface area contributed by atoms with Crippen LogP contribution < -0.4 is 4.74 Å². The summed E-state index contributed by atoms with van der Waals surface area (Å²) in [7, 11) is 1.60. The lowest BCUT2D eigenvalue weighted by atomic mass is 9.95. The van der Waals surface area contributed by atoms with Gasteiger partial charge in [-0.3, -0.25) is 4.79 Å². The highest BCUT2D eigenvalue weighted by Crippen LogP contribution is 2.27. The van der Waals surface area contributed by atoms with E-state index >= 15 is 0 Å². The zero-order chi connectivity index (χ0) is 15.1. The molecule has 5 heteroatoms. The number of nitrogens with zero attached hydrogens (tertiary/aromatic N) is 2. The molecule has 1 atom stereocenters. The summed E-state index contributed by atoms with van der Waals surface area (Å²) in [5, 5.41) is 8.72. The van der Waals surface area contributed by atoms with Gasteiger partial charge in [0.1, 0.15) is 12.4 Å². The molecule has 0 saturated heterocycles. The van der Waals surface area contributed by atoms with E-state index in [0.29, 0.717) is 39.1 Å². The molecule has 112 valence electrons. The van der Waals surface area contributed by atoms with Crippen molar-refractivity contribution in [1.82, 2.24) is 4.90 Å². The summed E-state index contributed by atoms with van der Waals surface area (Å²) >= 11 is 0. The van der Waals surface area contributed by atoms with Crippen LogP contribution in [0.4, 0.5) is 0 Å². The van der Waals surface area contributed by atoms with E-state index in [0.717, 1.165) is 11.3 Å². The van der Waals surface area contributed by atoms with Gasteiger partial charge in [0.15, 0.2) is 0 Å². The molecule has 1 aromatic rings. The maximum atomic E-state index is 12.6. The molecule has 1 amide bonds. The standard InChI is InChI=1S/C16H20N2O3/c1-20-10-9-18(8-4-7-17)16(19)14-11-13-5-2-3-6-15(13)21-12-14/h2-3,5-6,14H,4,8-12H2,1H3. The van der Waals surface area contributed by atoms with Crippen molar-refractivity contribution in [2.45, 2.75) is 12.8 Å². The van der Waals surface area contributed by atoms with E-state index in [1.807, 2.05) is 24.3 Å². The van der Waals surface area contributed by atoms with E-state index in [2.05, 4.69) is 6.07 Å². The fourth-order valence-electron chi connectivity index (χ4n) is 2.46. The van der Waals surface area contributed by atoms with Crippen molar-refractivity contribution in [3.8, 4) is 11.8 Å². The second-order valence-electron chi connectivity index (χ2n) is 5.05. The van der Waals surface area contributed by atoms with Gasteiger partial charge in [0.25, 0.3) is 0 Å². The molecule has 0 bridgehead atoms. The number of nitriles is 1. The van der Waals surface area contributed by atoms with E-state index in [-0.39, 0.29) is 11.8 Å². The van der Waals surface area contributed by atoms with Crippen molar-refractivity contribution >= 4 is 5.91 Å². The fourth-order valence-corrected chi connectivity index (χ4v) is 2.46. The minimum atomic E-state index is -0.185. The van der Waals surface area contributed by atoms with Crippen molar-refractivity contribution in [2.24, 2.45) is 5.92 Å². The van der Waals surface area contributed by atoms with Crippen molar-refractivity contribution in [1.29, 1.82) is 5.26 Å². The van der Waals surface area contributed by atoms with Crippen LogP contribution in [0.15, 0.2) is 24.3 Å². The molecule has 1 heterocycles. The first-order valence-corrected chi connectivity index (χ1v) is 7.11. The van der Waals surface area contributed by atoms with Crippen molar-refractivity contribution in [3.63, 3.8) is 0 Å². The molecule has 21 heavy (non-hydrogen) atoms. The summed E-state index contributed by atoms with van der Waals surface area (Å²) in [5.74, 6) is 0.717. The fraction of sp³-hybridized carbons (Fsp3) is 0.500. The Hall–Kier alpha value is -2.06. The Balaban J connectivity index is 2.02. The van der Waals surface area contributed by atoms with Crippen LogP contribution in [0.5, 0.6) is 5.75 Å². The molecule has 0 radical (unpaired) electrons. The van der Waals surface area contributed by atoms with E-state index < -0.39 is 0 Å². The molecule has 2 rings (SSSR count). The number of hydrogen-bond donors (Lipinski definition) is 0. The van der Waals surface area contributed by atoms with Gasteiger partial charge < -0.3 is 14.4 Å². The largest absolute Gasteiger partial charge is 0.492 e. The van der Waals surface area contributed by atoms with Crippen LogP contribution in [0.2, 0.25) is 0 Å². The molecular formula is C16H20N2O3. The molecule has 0 aliphatic carbocycles. The van der Waals surface area contributed by atoms with Gasteiger partial charge in [0, 0.05) is 20.2 Å². The van der Waals surface area contributed by atoms with Gasteiger partial charge >= 0.3 is 0 Å². The normalized spacial score (nSPS) is 16.5. The summed E-state index contributed by atoms with van der Waals surface area (Å²) in [6, 6.07) is 9.88. The maximum absolute atomic E-state index is 12.6. The highest BCUT2D eigenvalue weighted by atomic mass is 16.5. The third-order valence-corrected chi connectivity index (χ3v) is 3.60. The van der Waals surface area contributed by atoms with E-state index in [9.17, 15) is 4.79 Å². The third kappa shape index (κ3) is 3.96. The second-order valence-corrected chi connectivity index (χ2v) is 5.05. The van der Waals surface area contributed by atoms with Crippen LogP contribution in [0.3, 0.4) is 0 Å². The van der Waals surface area contributed by atoms with Crippen molar-refractivity contribution in [2.75, 3.05) is 33.4 Å². The summed E-state index contributed by atoms with van der Waals surface area (Å²) < 4.78 is 10.7. The zero-order valence-corrected chi connectivity index (χ0v) is 12.2. The summed E-state index contributed by atoms with van der Waals surface area (Å²) in [5.41, 5.74) is 1.06. The van der Waals surface area contributed by atoms with Crippen LogP contribution in [0, 0.1) is 17.2 Å². The Morgan fingerprint density at radius 2 is 2.29 bits per heavy atom. The van der Waals surface area contributed by atoms with Gasteiger partial charge in [-0.05, 0) is 18.1 Å². The molecule has 1 aromatic carbocycles. The molecule has 1 aliphatic rings. The molecule has 0 fully saturated rings. The minimum Gasteiger partial charge on any atom is -0.492 e. The molecular weight excluding hydrogens is 268 g/mol.